The fraction of sp³-hybridized carbons (Fsp3) is 0.400. The van der Waals surface area contributed by atoms with E-state index in [4.69, 9.17) is 40.8 Å². The van der Waals surface area contributed by atoms with E-state index in [1.54, 1.807) is 38.1 Å². The molecule has 2 rings (SSSR count). The number of carboxylic acids is 2. The minimum Gasteiger partial charge on any atom is -0.547 e. The number of amides is 2. The molecule has 16 nitrogen and oxygen atoms in total. The number of aliphatic carboxylic acids is 2. The van der Waals surface area contributed by atoms with E-state index in [1.807, 2.05) is 0 Å². The minimum atomic E-state index is -2.44. The first-order valence-electron chi connectivity index (χ1n) is 12.1. The Balaban J connectivity index is 0.000000997. The van der Waals surface area contributed by atoms with Gasteiger partial charge in [-0.1, -0.05) is 29.8 Å². The minimum absolute atomic E-state index is 0.149. The molecule has 0 fully saturated rings. The van der Waals surface area contributed by atoms with E-state index in [9.17, 15) is 29.4 Å². The van der Waals surface area contributed by atoms with Crippen molar-refractivity contribution >= 4 is 41.5 Å². The number of hydrogen-bond acceptors (Lipinski definition) is 13. The molecule has 0 saturated heterocycles. The summed E-state index contributed by atoms with van der Waals surface area (Å²) < 4.78 is 15.9. The van der Waals surface area contributed by atoms with E-state index in [1.165, 1.54) is 7.11 Å². The van der Waals surface area contributed by atoms with Gasteiger partial charge in [-0.2, -0.15) is 0 Å². The maximum atomic E-state index is 12.9. The van der Waals surface area contributed by atoms with Gasteiger partial charge >= 0.3 is 18.0 Å². The Morgan fingerprint density at radius 1 is 1.05 bits per heavy atom. The normalized spacial score (nSPS) is 15.5. The summed E-state index contributed by atoms with van der Waals surface area (Å²) in [6.45, 7) is 4.85. The number of aliphatic hydroxyl groups excluding tert-OH is 2. The van der Waals surface area contributed by atoms with Gasteiger partial charge in [-0.25, -0.2) is 14.4 Å². The first kappa shape index (κ1) is 37.8. The number of methoxy groups -OCH3 is 1. The van der Waals surface area contributed by atoms with Crippen LogP contribution in [0.25, 0.3) is 0 Å². The first-order chi connectivity index (χ1) is 19.7. The number of hydrogen-bond donors (Lipinski definition) is 6. The van der Waals surface area contributed by atoms with Crippen LogP contribution in [0.1, 0.15) is 25.3 Å². The lowest BCUT2D eigenvalue weighted by Gasteiger charge is -2.31. The maximum Gasteiger partial charge on any atom is 0.336 e. The maximum absolute atomic E-state index is 12.9. The topological polar surface area (TPSA) is 291 Å². The van der Waals surface area contributed by atoms with Crippen molar-refractivity contribution in [1.82, 2.24) is 5.32 Å². The lowest BCUT2D eigenvalue weighted by atomic mass is 9.80. The molecule has 1 aromatic carbocycles. The number of benzene rings is 1. The molecular formula is C25H34ClN4O12-. The zero-order valence-corrected chi connectivity index (χ0v) is 23.8. The molecule has 0 aliphatic carbocycles. The summed E-state index contributed by atoms with van der Waals surface area (Å²) >= 11 is 6.43. The second kappa shape index (κ2) is 19.0. The number of nitrogens with two attached hydrogens (primary N) is 2. The first-order valence-corrected chi connectivity index (χ1v) is 12.4. The Labute approximate surface area is 245 Å². The number of urea groups is 1. The largest absolute Gasteiger partial charge is 0.547 e. The number of nitrogens with one attached hydrogen (secondary N) is 1. The lowest BCUT2D eigenvalue weighted by Crippen LogP contribution is -2.52. The molecule has 0 radical (unpaired) electrons. The van der Waals surface area contributed by atoms with Crippen LogP contribution in [-0.4, -0.2) is 85.8 Å². The average molecular weight is 618 g/mol. The van der Waals surface area contributed by atoms with Crippen molar-refractivity contribution in [1.29, 1.82) is 0 Å². The number of ether oxygens (including phenoxy) is 3. The second-order valence-electron chi connectivity index (χ2n) is 8.06. The molecule has 10 N–H and O–H groups in total. The molecule has 1 aliphatic heterocycles. The van der Waals surface area contributed by atoms with Gasteiger partial charge in [-0.3, -0.25) is 0 Å². The van der Waals surface area contributed by atoms with Crippen LogP contribution in [0.2, 0.25) is 5.02 Å². The van der Waals surface area contributed by atoms with E-state index in [0.717, 1.165) is 0 Å². The number of halogens is 1. The zero-order chi connectivity index (χ0) is 32.6. The van der Waals surface area contributed by atoms with Gasteiger partial charge in [0.1, 0.15) is 12.2 Å². The zero-order valence-electron chi connectivity index (χ0n) is 23.1. The quantitative estimate of drug-likeness (QED) is 0.101. The van der Waals surface area contributed by atoms with E-state index < -0.39 is 48.0 Å². The highest BCUT2D eigenvalue weighted by atomic mass is 35.5. The van der Waals surface area contributed by atoms with Crippen LogP contribution in [0.3, 0.4) is 0 Å². The number of aliphatic hydroxyl groups is 2. The summed E-state index contributed by atoms with van der Waals surface area (Å²) in [6, 6.07) is 6.25. The van der Waals surface area contributed by atoms with Crippen molar-refractivity contribution < 1.29 is 64.3 Å². The van der Waals surface area contributed by atoms with Gasteiger partial charge in [0.15, 0.2) is 0 Å². The summed E-state index contributed by atoms with van der Waals surface area (Å²) in [5.74, 6) is -5.94. The molecule has 17 heteroatoms. The van der Waals surface area contributed by atoms with Gasteiger partial charge in [-0.05, 0) is 25.5 Å². The lowest BCUT2D eigenvalue weighted by molar-refractivity contribution is -0.373. The van der Waals surface area contributed by atoms with Gasteiger partial charge in [0.2, 0.25) is 0 Å². The molecule has 0 unspecified atom stereocenters. The highest BCUT2D eigenvalue weighted by Crippen LogP contribution is 2.41. The van der Waals surface area contributed by atoms with Gasteiger partial charge in [0.25, 0.3) is 0 Å². The summed E-state index contributed by atoms with van der Waals surface area (Å²) in [6.07, 6.45) is -4.88. The third-order valence-corrected chi connectivity index (χ3v) is 5.42. The molecule has 1 heterocycles. The molecule has 0 aromatic heterocycles. The Kier molecular flexibility index (Phi) is 17.1. The average Bonchev–Trinajstić information content (AvgIpc) is 2.92. The highest BCUT2D eigenvalue weighted by Gasteiger charge is 2.39. The molecule has 0 saturated carbocycles. The van der Waals surface area contributed by atoms with Crippen LogP contribution in [0.5, 0.6) is 0 Å². The van der Waals surface area contributed by atoms with Crippen molar-refractivity contribution in [3.05, 3.63) is 57.4 Å². The molecule has 0 bridgehead atoms. The third-order valence-electron chi connectivity index (χ3n) is 5.08. The SMILES string of the molecule is CCOC(=O)C1=C(COCC[NH3+])NC(C)=C(C(=O)OC)[C@@H]1c1ccccc1Cl.NC(N)=O.O=C([O-])[C@@H](O)[C@H](O)C(=O)[O-]. The molecule has 1 aliphatic rings. The van der Waals surface area contributed by atoms with Crippen molar-refractivity contribution in [3.63, 3.8) is 0 Å². The third kappa shape index (κ3) is 11.7. The molecule has 42 heavy (non-hydrogen) atoms. The van der Waals surface area contributed by atoms with Crippen molar-refractivity contribution in [2.24, 2.45) is 11.5 Å². The van der Waals surface area contributed by atoms with Crippen LogP contribution < -0.4 is 32.7 Å². The Morgan fingerprint density at radius 3 is 2.00 bits per heavy atom. The van der Waals surface area contributed by atoms with Crippen LogP contribution in [0.4, 0.5) is 4.79 Å². The van der Waals surface area contributed by atoms with Crippen LogP contribution in [-0.2, 0) is 33.4 Å². The van der Waals surface area contributed by atoms with Crippen LogP contribution >= 0.6 is 11.6 Å². The fourth-order valence-corrected chi connectivity index (χ4v) is 3.64. The second-order valence-corrected chi connectivity index (χ2v) is 8.47. The predicted molar refractivity (Wildman–Crippen MR) is 140 cm³/mol. The number of rotatable bonds is 11. The molecule has 3 atom stereocenters. The van der Waals surface area contributed by atoms with E-state index >= 15 is 0 Å². The van der Waals surface area contributed by atoms with Gasteiger partial charge in [0, 0.05) is 10.7 Å². The van der Waals surface area contributed by atoms with Crippen molar-refractivity contribution in [2.75, 3.05) is 33.5 Å². The Hall–Kier alpha value is -4.22. The molecule has 2 amide bonds. The van der Waals surface area contributed by atoms with Gasteiger partial charge < -0.3 is 66.7 Å². The number of esters is 2. The van der Waals surface area contributed by atoms with E-state index in [0.29, 0.717) is 40.7 Å². The summed E-state index contributed by atoms with van der Waals surface area (Å²) in [7, 11) is 1.30. The molecular weight excluding hydrogens is 584 g/mol. The number of carbonyl (C=O) groups is 5. The van der Waals surface area contributed by atoms with Gasteiger partial charge in [0.05, 0.1) is 68.2 Å². The fourth-order valence-electron chi connectivity index (χ4n) is 3.40. The van der Waals surface area contributed by atoms with Gasteiger partial charge in [-0.15, -0.1) is 0 Å². The predicted octanol–water partition coefficient (Wildman–Crippen LogP) is -4.22. The smallest absolute Gasteiger partial charge is 0.336 e. The van der Waals surface area contributed by atoms with Crippen molar-refractivity contribution in [2.45, 2.75) is 32.0 Å². The van der Waals surface area contributed by atoms with Crippen LogP contribution in [0, 0.1) is 0 Å². The Bertz CT molecular complexity index is 1170. The van der Waals surface area contributed by atoms with E-state index in [-0.39, 0.29) is 18.8 Å². The number of carboxylic acid groups (broad SMARTS) is 2. The summed E-state index contributed by atoms with van der Waals surface area (Å²) in [5.41, 5.74) is 14.5. The Morgan fingerprint density at radius 2 is 1.57 bits per heavy atom. The number of dihydropyridines is 1. The monoisotopic (exact) mass is 617 g/mol. The summed E-state index contributed by atoms with van der Waals surface area (Å²) in [5, 5.41) is 39.3. The number of quaternary nitrogens is 1. The van der Waals surface area contributed by atoms with Crippen molar-refractivity contribution in [3.8, 4) is 0 Å². The summed E-state index contributed by atoms with van der Waals surface area (Å²) in [4.78, 5) is 53.7. The van der Waals surface area contributed by atoms with E-state index in [2.05, 4.69) is 22.5 Å². The number of allylic oxidation sites excluding steroid dienone is 1. The number of primary amides is 2. The number of carbonyl (C=O) groups excluding carboxylic acids is 5. The van der Waals surface area contributed by atoms with Crippen LogP contribution in [0.15, 0.2) is 46.8 Å². The molecule has 0 spiro atoms. The molecule has 234 valence electrons. The highest BCUT2D eigenvalue weighted by molar-refractivity contribution is 6.31. The standard InChI is InChI=1S/C20H25ClN2O5.C4H6O6.CH4N2O/c1-4-28-20(25)18-15(11-27-10-9-22)23-12(2)16(19(24)26-3)17(18)13-7-5-6-8-14(13)21;5-1(3(7)8)2(6)4(9)10;2-1(3)4/h5-8,17,23H,4,9-11,22H2,1-3H3;1-2,5-6H,(H,7,8)(H,9,10);(H4,2,3,4)/p-1/t17-;1-,2-;/m00./s1. The molecule has 1 aromatic rings.